The Kier molecular flexibility index (Phi) is 25.2. The molecule has 0 fully saturated rings. The van der Waals surface area contributed by atoms with Gasteiger partial charge in [0.05, 0.1) is 9.79 Å². The molecule has 0 N–H and O–H groups in total. The normalized spacial score (nSPS) is 11.0. The van der Waals surface area contributed by atoms with Crippen molar-refractivity contribution in [3.8, 4) is 0 Å². The van der Waals surface area contributed by atoms with Crippen molar-refractivity contribution >= 4 is 51.9 Å². The smallest absolute Gasteiger partial charge is 0.236 e. The maximum absolute atomic E-state index is 13.5. The van der Waals surface area contributed by atoms with Crippen molar-refractivity contribution in [3.05, 3.63) is 189 Å². The molecule has 0 aliphatic heterocycles. The molecule has 61 heavy (non-hydrogen) atoms. The second kappa shape index (κ2) is 28.5. The molecule has 0 aromatic heterocycles. The van der Waals surface area contributed by atoms with Gasteiger partial charge in [0, 0.05) is 58.4 Å². The van der Waals surface area contributed by atoms with E-state index in [2.05, 4.69) is 31.9 Å². The van der Waals surface area contributed by atoms with Gasteiger partial charge >= 0.3 is 21.7 Å². The van der Waals surface area contributed by atoms with Gasteiger partial charge in [-0.05, 0) is 61.4 Å². The molecule has 0 heterocycles. The standard InChI is InChI=1S/2C18H19BrF2NO2S.2C5H5.Ti/c2*1-2-22(25(23,24)17-10-7-15(19)8-11-17)12-4-3-5-14-6-9-16(20)13-18(14)21;2*1-2-4-5-3-1;/h2*6-11H,2-5,12H2,1H3;2*1-5H;/q4*-1;+4. The SMILES string of the molecule is CCN(CCCCc1ccc(F)[c-]c1F)S(=O)(=O)c1ccc(Br)cc1.CCN(CCCCc1ccc(F)[c-]c1F)S(=O)(=O)c1ccc(Br)cc1.[Ti+4].c1cc[cH-]c1.c1cc[cH-]c1. The Morgan fingerprint density at radius 3 is 1.11 bits per heavy atom. The van der Waals surface area contributed by atoms with Gasteiger partial charge in [-0.3, -0.25) is 0 Å². The average molecular weight is 1040 g/mol. The predicted octanol–water partition coefficient (Wildman–Crippen LogP) is 11.9. The van der Waals surface area contributed by atoms with Crippen LogP contribution in [0.3, 0.4) is 0 Å². The van der Waals surface area contributed by atoms with Crippen molar-refractivity contribution in [2.24, 2.45) is 0 Å². The summed E-state index contributed by atoms with van der Waals surface area (Å²) in [6.45, 7) is 4.98. The quantitative estimate of drug-likeness (QED) is 0.0419. The fourth-order valence-corrected chi connectivity index (χ4v) is 9.09. The minimum Gasteiger partial charge on any atom is -0.236 e. The van der Waals surface area contributed by atoms with E-state index in [1.165, 1.54) is 32.9 Å². The van der Waals surface area contributed by atoms with Crippen LogP contribution in [0.5, 0.6) is 0 Å². The Morgan fingerprint density at radius 1 is 0.525 bits per heavy atom. The maximum atomic E-state index is 13.5. The van der Waals surface area contributed by atoms with Crippen molar-refractivity contribution in [3.63, 3.8) is 0 Å². The first kappa shape index (κ1) is 53.9. The molecular formula is C46H48Br2F4N2O4S2Ti. The second-order valence-corrected chi connectivity index (χ2v) is 18.7. The third-order valence-electron chi connectivity index (χ3n) is 8.81. The van der Waals surface area contributed by atoms with Crippen molar-refractivity contribution in [1.82, 2.24) is 8.61 Å². The van der Waals surface area contributed by atoms with Gasteiger partial charge in [-0.15, -0.1) is 35.4 Å². The summed E-state index contributed by atoms with van der Waals surface area (Å²) in [5, 5.41) is 0. The van der Waals surface area contributed by atoms with E-state index in [9.17, 15) is 34.4 Å². The zero-order valence-electron chi connectivity index (χ0n) is 33.9. The minimum absolute atomic E-state index is 0. The molecule has 0 unspecified atom stereocenters. The van der Waals surface area contributed by atoms with Crippen LogP contribution in [0.15, 0.2) is 152 Å². The van der Waals surface area contributed by atoms with E-state index in [1.54, 1.807) is 62.4 Å². The fourth-order valence-electron chi connectivity index (χ4n) is 5.59. The van der Waals surface area contributed by atoms with E-state index < -0.39 is 43.3 Å². The van der Waals surface area contributed by atoms with Crippen LogP contribution in [0.4, 0.5) is 17.6 Å². The van der Waals surface area contributed by atoms with Crippen molar-refractivity contribution in [2.45, 2.75) is 62.2 Å². The van der Waals surface area contributed by atoms with Crippen molar-refractivity contribution in [1.29, 1.82) is 0 Å². The third kappa shape index (κ3) is 19.0. The van der Waals surface area contributed by atoms with Crippen LogP contribution in [0.1, 0.15) is 50.7 Å². The Labute approximate surface area is 391 Å². The Balaban J connectivity index is 0.000000335. The number of sulfonamides is 2. The van der Waals surface area contributed by atoms with Crippen LogP contribution in [0.2, 0.25) is 0 Å². The Bertz CT molecular complexity index is 2120. The molecule has 0 saturated carbocycles. The van der Waals surface area contributed by atoms with Crippen LogP contribution in [-0.2, 0) is 54.6 Å². The molecule has 15 heteroatoms. The first-order chi connectivity index (χ1) is 28.7. The zero-order chi connectivity index (χ0) is 44.0. The molecule has 0 amide bonds. The number of aryl methyl sites for hydroxylation is 2. The van der Waals surface area contributed by atoms with Gasteiger partial charge in [-0.25, -0.2) is 58.7 Å². The number of hydrogen-bond donors (Lipinski definition) is 0. The molecule has 0 bridgehead atoms. The third-order valence-corrected chi connectivity index (χ3v) is 13.8. The van der Waals surface area contributed by atoms with Crippen LogP contribution in [-0.4, -0.2) is 51.6 Å². The van der Waals surface area contributed by atoms with Crippen molar-refractivity contribution in [2.75, 3.05) is 26.2 Å². The van der Waals surface area contributed by atoms with E-state index in [0.717, 1.165) is 8.95 Å². The monoisotopic (exact) mass is 1040 g/mol. The molecule has 6 rings (SSSR count). The van der Waals surface area contributed by atoms with E-state index >= 15 is 0 Å². The fraction of sp³-hybridized carbons (Fsp3) is 0.261. The van der Waals surface area contributed by atoms with Crippen LogP contribution in [0.25, 0.3) is 0 Å². The summed E-state index contributed by atoms with van der Waals surface area (Å²) < 4.78 is 108. The Morgan fingerprint density at radius 2 is 0.852 bits per heavy atom. The number of nitrogens with zero attached hydrogens (tertiary/aromatic N) is 2. The summed E-state index contributed by atoms with van der Waals surface area (Å²) in [5.74, 6) is -2.82. The van der Waals surface area contributed by atoms with E-state index in [-0.39, 0.29) is 31.5 Å². The van der Waals surface area contributed by atoms with Gasteiger partial charge in [0.15, 0.2) is 0 Å². The molecular weight excluding hydrogens is 992 g/mol. The summed E-state index contributed by atoms with van der Waals surface area (Å²) in [6, 6.07) is 42.2. The molecule has 6 aromatic carbocycles. The van der Waals surface area contributed by atoms with E-state index in [4.69, 9.17) is 0 Å². The van der Waals surface area contributed by atoms with E-state index in [1.807, 2.05) is 72.8 Å². The summed E-state index contributed by atoms with van der Waals surface area (Å²) in [6.07, 6.45) is 3.20. The van der Waals surface area contributed by atoms with Gasteiger partial charge in [-0.2, -0.15) is 57.1 Å². The second-order valence-electron chi connectivity index (χ2n) is 13.0. The van der Waals surface area contributed by atoms with Gasteiger partial charge < -0.3 is 0 Å². The molecule has 0 radical (unpaired) electrons. The first-order valence-electron chi connectivity index (χ1n) is 19.3. The summed E-state index contributed by atoms with van der Waals surface area (Å²) in [7, 11) is -7.09. The number of rotatable bonds is 16. The summed E-state index contributed by atoms with van der Waals surface area (Å²) in [5.41, 5.74) is 0.778. The van der Waals surface area contributed by atoms with Crippen LogP contribution in [0, 0.1) is 35.4 Å². The van der Waals surface area contributed by atoms with Gasteiger partial charge in [0.25, 0.3) is 0 Å². The first-order valence-corrected chi connectivity index (χ1v) is 23.7. The van der Waals surface area contributed by atoms with Gasteiger partial charge in [-0.1, -0.05) is 71.4 Å². The number of unbranched alkanes of at least 4 members (excludes halogenated alkanes) is 2. The van der Waals surface area contributed by atoms with Crippen molar-refractivity contribution < 1.29 is 56.1 Å². The summed E-state index contributed by atoms with van der Waals surface area (Å²) in [4.78, 5) is 0.494. The van der Waals surface area contributed by atoms with Gasteiger partial charge in [0.2, 0.25) is 20.0 Å². The molecule has 0 saturated heterocycles. The maximum Gasteiger partial charge on any atom is 4.00 e. The topological polar surface area (TPSA) is 74.8 Å². The zero-order valence-corrected chi connectivity index (χ0v) is 40.3. The van der Waals surface area contributed by atoms with E-state index in [0.29, 0.717) is 75.8 Å². The largest absolute Gasteiger partial charge is 4.00 e. The van der Waals surface area contributed by atoms with Gasteiger partial charge in [0.1, 0.15) is 0 Å². The summed E-state index contributed by atoms with van der Waals surface area (Å²) >= 11 is 6.57. The molecule has 324 valence electrons. The Hall–Kier alpha value is -3.21. The number of halogens is 6. The molecule has 0 aliphatic rings. The molecule has 0 atom stereocenters. The molecule has 0 spiro atoms. The van der Waals surface area contributed by atoms with Crippen LogP contribution < -0.4 is 0 Å². The number of hydrogen-bond acceptors (Lipinski definition) is 4. The number of benzene rings is 4. The average Bonchev–Trinajstić information content (AvgIpc) is 4.01. The molecule has 6 nitrogen and oxygen atoms in total. The predicted molar refractivity (Wildman–Crippen MR) is 237 cm³/mol. The molecule has 0 aliphatic carbocycles. The molecule has 6 aromatic rings. The minimum atomic E-state index is -3.54. The van der Waals surface area contributed by atoms with Crippen LogP contribution >= 0.6 is 31.9 Å².